The van der Waals surface area contributed by atoms with Crippen molar-refractivity contribution in [2.75, 3.05) is 6.61 Å². The lowest BCUT2D eigenvalue weighted by molar-refractivity contribution is 0.181. The van der Waals surface area contributed by atoms with E-state index in [9.17, 15) is 4.46 Å². The lowest BCUT2D eigenvalue weighted by Crippen LogP contribution is -2.13. The summed E-state index contributed by atoms with van der Waals surface area (Å²) in [6, 6.07) is 0. The van der Waals surface area contributed by atoms with Crippen LogP contribution in [0.25, 0.3) is 0 Å². The van der Waals surface area contributed by atoms with Gasteiger partial charge in [0.15, 0.2) is 0 Å². The first-order chi connectivity index (χ1) is 4.70. The fourth-order valence-corrected chi connectivity index (χ4v) is 1.09. The van der Waals surface area contributed by atoms with Crippen LogP contribution in [0.1, 0.15) is 26.7 Å². The lowest BCUT2D eigenvalue weighted by atomic mass is 10.1. The van der Waals surface area contributed by atoms with Crippen molar-refractivity contribution in [3.8, 4) is 0 Å². The maximum atomic E-state index is 10.1. The molecule has 0 aromatic carbocycles. The van der Waals surface area contributed by atoms with Crippen LogP contribution in [0, 0.1) is 5.92 Å². The average Bonchev–Trinajstić information content (AvgIpc) is 1.90. The second-order valence-corrected chi connectivity index (χ2v) is 3.08. The highest BCUT2D eigenvalue weighted by Gasteiger charge is 2.08. The largest absolute Gasteiger partial charge is 0.764 e. The topological polar surface area (TPSA) is 46.5 Å². The molecular weight excluding hydrogens is 148 g/mol. The Labute approximate surface area is 62.9 Å². The Hall–Kier alpha value is -0.383. The summed E-state index contributed by atoms with van der Waals surface area (Å²) in [4.78, 5) is 8.32. The lowest BCUT2D eigenvalue weighted by Gasteiger charge is -2.09. The van der Waals surface area contributed by atoms with Gasteiger partial charge in [-0.1, -0.05) is 26.7 Å². The summed E-state index contributed by atoms with van der Waals surface area (Å²) < 4.78 is 14.7. The summed E-state index contributed by atoms with van der Waals surface area (Å²) in [6.45, 7) is 4.51. The van der Waals surface area contributed by atoms with Crippen LogP contribution in [-0.2, 0) is 8.89 Å². The van der Waals surface area contributed by atoms with Gasteiger partial charge in [0.1, 0.15) is 0 Å². The second-order valence-electron chi connectivity index (χ2n) is 2.26. The van der Waals surface area contributed by atoms with E-state index < -0.39 is 9.17 Å². The van der Waals surface area contributed by atoms with Crippen molar-refractivity contribution < 1.29 is 13.7 Å². The minimum Gasteiger partial charge on any atom is -0.511 e. The van der Waals surface area contributed by atoms with Crippen molar-refractivity contribution in [3.63, 3.8) is 0 Å². The molecular formula is C6H14O3Si. The Morgan fingerprint density at radius 2 is 2.00 bits per heavy atom. The highest BCUT2D eigenvalue weighted by molar-refractivity contribution is 6.24. The third-order valence-electron chi connectivity index (χ3n) is 1.60. The van der Waals surface area contributed by atoms with Crippen LogP contribution in [0.2, 0.25) is 0 Å². The third kappa shape index (κ3) is 4.49. The normalized spacial score (nSPS) is 9.90. The molecule has 0 aromatic rings. The maximum absolute atomic E-state index is 10.1. The monoisotopic (exact) mass is 162 g/mol. The first kappa shape index (κ1) is 9.62. The SMILES string of the molecule is CCC(CC)CO[Si](=O)O. The molecule has 0 saturated carbocycles. The van der Waals surface area contributed by atoms with Crippen LogP contribution in [0.3, 0.4) is 0 Å². The van der Waals surface area contributed by atoms with Crippen molar-refractivity contribution >= 4 is 9.17 Å². The molecule has 0 aliphatic rings. The molecule has 4 heteroatoms. The quantitative estimate of drug-likeness (QED) is 0.609. The predicted molar refractivity (Wildman–Crippen MR) is 38.7 cm³/mol. The van der Waals surface area contributed by atoms with Crippen molar-refractivity contribution in [1.29, 1.82) is 0 Å². The van der Waals surface area contributed by atoms with E-state index in [0.717, 1.165) is 12.8 Å². The summed E-state index contributed by atoms with van der Waals surface area (Å²) in [6.07, 6.45) is 2.01. The van der Waals surface area contributed by atoms with Gasteiger partial charge in [-0.05, 0) is 5.92 Å². The minimum absolute atomic E-state index is 0.418. The summed E-state index contributed by atoms with van der Waals surface area (Å²) >= 11 is 0. The molecule has 0 aromatic heterocycles. The summed E-state index contributed by atoms with van der Waals surface area (Å²) in [7, 11) is -2.70. The van der Waals surface area contributed by atoms with Gasteiger partial charge in [-0.2, -0.15) is 0 Å². The van der Waals surface area contributed by atoms with Gasteiger partial charge < -0.3 is 9.22 Å². The first-order valence-electron chi connectivity index (χ1n) is 3.56. The molecule has 60 valence electrons. The fourth-order valence-electron chi connectivity index (χ4n) is 0.714. The number of hydrogen-bond acceptors (Lipinski definition) is 2. The van der Waals surface area contributed by atoms with E-state index in [-0.39, 0.29) is 0 Å². The van der Waals surface area contributed by atoms with Crippen LogP contribution >= 0.6 is 0 Å². The molecule has 0 aliphatic heterocycles. The van der Waals surface area contributed by atoms with Gasteiger partial charge in [-0.25, -0.2) is 0 Å². The second kappa shape index (κ2) is 5.41. The van der Waals surface area contributed by atoms with Gasteiger partial charge in [0.05, 0.1) is 6.61 Å². The molecule has 0 radical (unpaired) electrons. The summed E-state index contributed by atoms with van der Waals surface area (Å²) in [5.74, 6) is 0.432. The zero-order valence-electron chi connectivity index (χ0n) is 6.46. The molecule has 0 amide bonds. The van der Waals surface area contributed by atoms with Crippen molar-refractivity contribution in [1.82, 2.24) is 0 Å². The molecule has 0 heterocycles. The van der Waals surface area contributed by atoms with Gasteiger partial charge >= 0.3 is 9.17 Å². The first-order valence-corrected chi connectivity index (χ1v) is 4.82. The highest BCUT2D eigenvalue weighted by atomic mass is 28.3. The van der Waals surface area contributed by atoms with Crippen LogP contribution < -0.4 is 0 Å². The number of hydrogen-bond donors (Lipinski definition) is 1. The maximum Gasteiger partial charge on any atom is 0.764 e. The smallest absolute Gasteiger partial charge is 0.511 e. The molecule has 0 unspecified atom stereocenters. The standard InChI is InChI=1S/C6H14O3Si/c1-3-6(4-2)5-9-10(7)8/h6-7H,3-5H2,1-2H3. The van der Waals surface area contributed by atoms with Gasteiger partial charge in [0, 0.05) is 0 Å². The number of rotatable bonds is 5. The Bertz CT molecular complexity index is 101. The molecule has 0 aliphatic carbocycles. The predicted octanol–water partition coefficient (Wildman–Crippen LogP) is 0.847. The Balaban J connectivity index is 3.34. The third-order valence-corrected chi connectivity index (χ3v) is 2.01. The van der Waals surface area contributed by atoms with E-state index in [1.807, 2.05) is 13.8 Å². The molecule has 0 bridgehead atoms. The Morgan fingerprint density at radius 1 is 1.50 bits per heavy atom. The molecule has 10 heavy (non-hydrogen) atoms. The molecule has 3 nitrogen and oxygen atoms in total. The van der Waals surface area contributed by atoms with E-state index in [2.05, 4.69) is 4.43 Å². The van der Waals surface area contributed by atoms with Gasteiger partial charge in [-0.3, -0.25) is 4.46 Å². The Kier molecular flexibility index (Phi) is 5.20. The summed E-state index contributed by atoms with van der Waals surface area (Å²) in [5, 5.41) is 0. The average molecular weight is 162 g/mol. The molecule has 0 saturated heterocycles. The molecule has 0 atom stereocenters. The van der Waals surface area contributed by atoms with Crippen LogP contribution in [0.4, 0.5) is 0 Å². The molecule has 0 rings (SSSR count). The molecule has 0 spiro atoms. The van der Waals surface area contributed by atoms with Gasteiger partial charge in [-0.15, -0.1) is 0 Å². The zero-order chi connectivity index (χ0) is 7.98. The van der Waals surface area contributed by atoms with Crippen molar-refractivity contribution in [2.45, 2.75) is 26.7 Å². The van der Waals surface area contributed by atoms with Gasteiger partial charge in [0.25, 0.3) is 0 Å². The summed E-state index contributed by atoms with van der Waals surface area (Å²) in [5.41, 5.74) is 0. The minimum atomic E-state index is -2.70. The van der Waals surface area contributed by atoms with E-state index in [4.69, 9.17) is 4.80 Å². The van der Waals surface area contributed by atoms with Crippen molar-refractivity contribution in [2.24, 2.45) is 5.92 Å². The van der Waals surface area contributed by atoms with Gasteiger partial charge in [0.2, 0.25) is 0 Å². The van der Waals surface area contributed by atoms with E-state index >= 15 is 0 Å². The highest BCUT2D eigenvalue weighted by Crippen LogP contribution is 2.06. The Morgan fingerprint density at radius 3 is 2.30 bits per heavy atom. The van der Waals surface area contributed by atoms with E-state index in [1.165, 1.54) is 0 Å². The zero-order valence-corrected chi connectivity index (χ0v) is 7.46. The van der Waals surface area contributed by atoms with Crippen molar-refractivity contribution in [3.05, 3.63) is 0 Å². The molecule has 1 N–H and O–H groups in total. The van der Waals surface area contributed by atoms with Crippen LogP contribution in [-0.4, -0.2) is 20.6 Å². The van der Waals surface area contributed by atoms with Crippen LogP contribution in [0.5, 0.6) is 0 Å². The fraction of sp³-hybridized carbons (Fsp3) is 1.00. The molecule has 0 fully saturated rings. The van der Waals surface area contributed by atoms with Crippen LogP contribution in [0.15, 0.2) is 0 Å². The van der Waals surface area contributed by atoms with E-state index in [1.54, 1.807) is 0 Å². The van der Waals surface area contributed by atoms with E-state index in [0.29, 0.717) is 12.5 Å².